The smallest absolute Gasteiger partial charge is 0.144 e. The Morgan fingerprint density at radius 1 is 1.38 bits per heavy atom. The molecule has 0 radical (unpaired) electrons. The standard InChI is InChI=1S/C15H17Cl2FN2O/c16-5-4-15-19-13-8-12(18)11(17)7-14(13)20(15)9-10-3-1-2-6-21-10/h7-8,10H,1-6,9H2. The number of ether oxygens (including phenoxy) is 1. The van der Waals surface area contributed by atoms with Gasteiger partial charge in [-0.25, -0.2) is 9.37 Å². The lowest BCUT2D eigenvalue weighted by Gasteiger charge is -2.24. The van der Waals surface area contributed by atoms with Crippen molar-refractivity contribution >= 4 is 34.2 Å². The van der Waals surface area contributed by atoms with Crippen molar-refractivity contribution in [3.8, 4) is 0 Å². The van der Waals surface area contributed by atoms with Gasteiger partial charge in [0.05, 0.1) is 28.7 Å². The Kier molecular flexibility index (Phi) is 4.67. The normalized spacial score (nSPS) is 19.3. The minimum atomic E-state index is -0.444. The number of nitrogens with zero attached hydrogens (tertiary/aromatic N) is 2. The zero-order valence-corrected chi connectivity index (χ0v) is 13.1. The van der Waals surface area contributed by atoms with E-state index in [0.717, 1.165) is 30.8 Å². The fraction of sp³-hybridized carbons (Fsp3) is 0.533. The highest BCUT2D eigenvalue weighted by molar-refractivity contribution is 6.31. The van der Waals surface area contributed by atoms with Gasteiger partial charge in [-0.1, -0.05) is 11.6 Å². The number of imidazole rings is 1. The highest BCUT2D eigenvalue weighted by Gasteiger charge is 2.19. The Balaban J connectivity index is 2.00. The first-order valence-electron chi connectivity index (χ1n) is 7.21. The number of rotatable bonds is 4. The van der Waals surface area contributed by atoms with E-state index in [9.17, 15) is 4.39 Å². The zero-order valence-electron chi connectivity index (χ0n) is 11.6. The van der Waals surface area contributed by atoms with Crippen LogP contribution in [0.3, 0.4) is 0 Å². The number of aryl methyl sites for hydroxylation is 1. The predicted molar refractivity (Wildman–Crippen MR) is 82.7 cm³/mol. The molecule has 3 rings (SSSR count). The molecule has 1 aliphatic heterocycles. The Hall–Kier alpha value is -0.840. The van der Waals surface area contributed by atoms with Crippen LogP contribution in [0.5, 0.6) is 0 Å². The van der Waals surface area contributed by atoms with Crippen LogP contribution in [0.1, 0.15) is 25.1 Å². The number of hydrogen-bond donors (Lipinski definition) is 0. The largest absolute Gasteiger partial charge is 0.376 e. The monoisotopic (exact) mass is 330 g/mol. The maximum absolute atomic E-state index is 13.6. The van der Waals surface area contributed by atoms with Crippen molar-refractivity contribution in [2.24, 2.45) is 0 Å². The van der Waals surface area contributed by atoms with Gasteiger partial charge >= 0.3 is 0 Å². The summed E-state index contributed by atoms with van der Waals surface area (Å²) in [5.41, 5.74) is 1.46. The zero-order chi connectivity index (χ0) is 14.8. The minimum absolute atomic E-state index is 0.116. The van der Waals surface area contributed by atoms with E-state index in [1.165, 1.54) is 12.5 Å². The van der Waals surface area contributed by atoms with E-state index in [-0.39, 0.29) is 11.1 Å². The molecule has 2 heterocycles. The second kappa shape index (κ2) is 6.51. The summed E-state index contributed by atoms with van der Waals surface area (Å²) in [6.07, 6.45) is 4.15. The average Bonchev–Trinajstić information content (AvgIpc) is 2.79. The maximum Gasteiger partial charge on any atom is 0.144 e. The minimum Gasteiger partial charge on any atom is -0.376 e. The fourth-order valence-corrected chi connectivity index (χ4v) is 3.13. The molecule has 1 aromatic heterocycles. The second-order valence-corrected chi connectivity index (χ2v) is 6.11. The van der Waals surface area contributed by atoms with Gasteiger partial charge in [0.1, 0.15) is 11.6 Å². The molecule has 0 amide bonds. The van der Waals surface area contributed by atoms with Gasteiger partial charge in [0.2, 0.25) is 0 Å². The summed E-state index contributed by atoms with van der Waals surface area (Å²) < 4.78 is 21.5. The van der Waals surface area contributed by atoms with Crippen LogP contribution in [0.25, 0.3) is 11.0 Å². The van der Waals surface area contributed by atoms with Gasteiger partial charge in [0.15, 0.2) is 0 Å². The predicted octanol–water partition coefficient (Wildman–Crippen LogP) is 4.18. The third-order valence-corrected chi connectivity index (χ3v) is 4.33. The molecular weight excluding hydrogens is 314 g/mol. The number of alkyl halides is 1. The molecule has 6 heteroatoms. The summed E-state index contributed by atoms with van der Waals surface area (Å²) in [6.45, 7) is 1.52. The Morgan fingerprint density at radius 3 is 2.95 bits per heavy atom. The number of hydrogen-bond acceptors (Lipinski definition) is 2. The molecular formula is C15H17Cl2FN2O. The molecule has 0 N–H and O–H groups in total. The van der Waals surface area contributed by atoms with Crippen LogP contribution in [0.15, 0.2) is 12.1 Å². The number of fused-ring (bicyclic) bond motifs is 1. The fourth-order valence-electron chi connectivity index (χ4n) is 2.80. The van der Waals surface area contributed by atoms with Crippen molar-refractivity contribution < 1.29 is 9.13 Å². The average molecular weight is 331 g/mol. The summed E-state index contributed by atoms with van der Waals surface area (Å²) in [7, 11) is 0. The number of benzene rings is 1. The highest BCUT2D eigenvalue weighted by atomic mass is 35.5. The van der Waals surface area contributed by atoms with Crippen molar-refractivity contribution in [1.29, 1.82) is 0 Å². The van der Waals surface area contributed by atoms with E-state index < -0.39 is 5.82 Å². The molecule has 1 aromatic carbocycles. The van der Waals surface area contributed by atoms with Crippen LogP contribution in [0.4, 0.5) is 4.39 Å². The maximum atomic E-state index is 13.6. The first kappa shape index (κ1) is 15.1. The highest BCUT2D eigenvalue weighted by Crippen LogP contribution is 2.26. The molecule has 0 saturated carbocycles. The molecule has 2 aromatic rings. The lowest BCUT2D eigenvalue weighted by Crippen LogP contribution is -2.25. The summed E-state index contributed by atoms with van der Waals surface area (Å²) >= 11 is 11.8. The third-order valence-electron chi connectivity index (χ3n) is 3.85. The van der Waals surface area contributed by atoms with Gasteiger partial charge < -0.3 is 9.30 Å². The van der Waals surface area contributed by atoms with Gasteiger partial charge in [-0.3, -0.25) is 0 Å². The third kappa shape index (κ3) is 3.17. The van der Waals surface area contributed by atoms with Crippen LogP contribution in [0, 0.1) is 5.82 Å². The molecule has 1 aliphatic rings. The van der Waals surface area contributed by atoms with E-state index in [0.29, 0.717) is 24.4 Å². The van der Waals surface area contributed by atoms with E-state index in [1.54, 1.807) is 6.07 Å². The van der Waals surface area contributed by atoms with Gasteiger partial charge in [-0.2, -0.15) is 0 Å². The lowest BCUT2D eigenvalue weighted by atomic mass is 10.1. The molecule has 3 nitrogen and oxygen atoms in total. The van der Waals surface area contributed by atoms with Crippen LogP contribution < -0.4 is 0 Å². The van der Waals surface area contributed by atoms with Gasteiger partial charge in [-0.15, -0.1) is 11.6 Å². The van der Waals surface area contributed by atoms with Gasteiger partial charge in [0, 0.05) is 25.0 Å². The molecule has 0 aliphatic carbocycles. The molecule has 0 spiro atoms. The van der Waals surface area contributed by atoms with Crippen LogP contribution in [0.2, 0.25) is 5.02 Å². The Bertz CT molecular complexity index is 638. The molecule has 0 bridgehead atoms. The molecule has 1 atom stereocenters. The number of aromatic nitrogens is 2. The first-order chi connectivity index (χ1) is 10.2. The van der Waals surface area contributed by atoms with Crippen molar-refractivity contribution in [1.82, 2.24) is 9.55 Å². The van der Waals surface area contributed by atoms with E-state index in [2.05, 4.69) is 9.55 Å². The Morgan fingerprint density at radius 2 is 2.24 bits per heavy atom. The topological polar surface area (TPSA) is 27.1 Å². The van der Waals surface area contributed by atoms with Crippen LogP contribution >= 0.6 is 23.2 Å². The van der Waals surface area contributed by atoms with Crippen LogP contribution in [-0.4, -0.2) is 28.1 Å². The summed E-state index contributed by atoms with van der Waals surface area (Å²) in [4.78, 5) is 4.49. The van der Waals surface area contributed by atoms with Gasteiger partial charge in [-0.05, 0) is 25.3 Å². The van der Waals surface area contributed by atoms with E-state index in [4.69, 9.17) is 27.9 Å². The van der Waals surface area contributed by atoms with Crippen LogP contribution in [-0.2, 0) is 17.7 Å². The van der Waals surface area contributed by atoms with Crippen molar-refractivity contribution in [3.63, 3.8) is 0 Å². The SMILES string of the molecule is Fc1cc2nc(CCCl)n(CC3CCCCO3)c2cc1Cl. The molecule has 114 valence electrons. The van der Waals surface area contributed by atoms with Crippen molar-refractivity contribution in [2.75, 3.05) is 12.5 Å². The van der Waals surface area contributed by atoms with E-state index in [1.807, 2.05) is 0 Å². The molecule has 1 saturated heterocycles. The lowest BCUT2D eigenvalue weighted by molar-refractivity contribution is 0.00621. The second-order valence-electron chi connectivity index (χ2n) is 5.32. The summed E-state index contributed by atoms with van der Waals surface area (Å²) in [6, 6.07) is 3.02. The summed E-state index contributed by atoms with van der Waals surface area (Å²) in [5.74, 6) is 0.890. The first-order valence-corrected chi connectivity index (χ1v) is 8.12. The number of halogens is 3. The molecule has 21 heavy (non-hydrogen) atoms. The Labute approximate surface area is 133 Å². The molecule has 1 fully saturated rings. The summed E-state index contributed by atoms with van der Waals surface area (Å²) in [5, 5.41) is 0.116. The van der Waals surface area contributed by atoms with Gasteiger partial charge in [0.25, 0.3) is 0 Å². The quantitative estimate of drug-likeness (QED) is 0.786. The van der Waals surface area contributed by atoms with Crippen molar-refractivity contribution in [2.45, 2.75) is 38.3 Å². The van der Waals surface area contributed by atoms with E-state index >= 15 is 0 Å². The van der Waals surface area contributed by atoms with Crippen molar-refractivity contribution in [3.05, 3.63) is 28.8 Å². The molecule has 1 unspecified atom stereocenters.